The first-order valence-electron chi connectivity index (χ1n) is 9.43. The average Bonchev–Trinajstić information content (AvgIpc) is 3.27. The second-order valence-electron chi connectivity index (χ2n) is 6.65. The highest BCUT2D eigenvalue weighted by Crippen LogP contribution is 2.27. The highest BCUT2D eigenvalue weighted by atomic mass is 32.1. The van der Waals surface area contributed by atoms with E-state index in [1.807, 2.05) is 35.7 Å². The summed E-state index contributed by atoms with van der Waals surface area (Å²) < 4.78 is 0. The largest absolute Gasteiger partial charge is 0.298 e. The molecular weight excluding hydrogens is 410 g/mol. The number of anilines is 1. The number of non-ortho nitro benzene ring substituents is 1. The average molecular weight is 427 g/mol. The molecule has 0 aliphatic heterocycles. The molecule has 0 bridgehead atoms. The summed E-state index contributed by atoms with van der Waals surface area (Å²) in [5, 5.41) is 15.8. The van der Waals surface area contributed by atoms with Gasteiger partial charge in [0, 0.05) is 29.2 Å². The summed E-state index contributed by atoms with van der Waals surface area (Å²) in [4.78, 5) is 26.9. The zero-order valence-corrected chi connectivity index (χ0v) is 17.1. The second kappa shape index (κ2) is 9.15. The first-order chi connectivity index (χ1) is 15.1. The third kappa shape index (κ3) is 5.09. The quantitative estimate of drug-likeness (QED) is 0.231. The highest BCUT2D eigenvalue weighted by Gasteiger charge is 2.07. The van der Waals surface area contributed by atoms with Gasteiger partial charge < -0.3 is 0 Å². The van der Waals surface area contributed by atoms with Crippen LogP contribution in [-0.2, 0) is 4.79 Å². The Hall–Kier alpha value is -4.10. The Bertz CT molecular complexity index is 1230. The van der Waals surface area contributed by atoms with Crippen LogP contribution in [0.1, 0.15) is 5.56 Å². The third-order valence-corrected chi connectivity index (χ3v) is 5.31. The van der Waals surface area contributed by atoms with E-state index in [1.165, 1.54) is 29.5 Å². The maximum atomic E-state index is 12.2. The number of benzene rings is 3. The minimum atomic E-state index is -0.463. The minimum Gasteiger partial charge on any atom is -0.298 e. The second-order valence-corrected chi connectivity index (χ2v) is 7.51. The summed E-state index contributed by atoms with van der Waals surface area (Å²) in [6.45, 7) is 0. The number of nitro benzene ring substituents is 1. The van der Waals surface area contributed by atoms with Crippen molar-refractivity contribution in [1.29, 1.82) is 0 Å². The molecule has 1 aromatic heterocycles. The van der Waals surface area contributed by atoms with Gasteiger partial charge in [0.2, 0.25) is 5.91 Å². The van der Waals surface area contributed by atoms with Crippen LogP contribution < -0.4 is 5.32 Å². The number of nitrogens with one attached hydrogen (secondary N) is 1. The smallest absolute Gasteiger partial charge is 0.269 e. The lowest BCUT2D eigenvalue weighted by molar-refractivity contribution is -0.384. The van der Waals surface area contributed by atoms with Crippen LogP contribution in [0.2, 0.25) is 0 Å². The molecule has 1 heterocycles. The molecule has 31 heavy (non-hydrogen) atoms. The zero-order valence-electron chi connectivity index (χ0n) is 16.3. The number of nitro groups is 1. The molecule has 0 unspecified atom stereocenters. The van der Waals surface area contributed by atoms with E-state index in [4.69, 9.17) is 0 Å². The van der Waals surface area contributed by atoms with Crippen LogP contribution in [0.25, 0.3) is 28.5 Å². The molecule has 3 aromatic carbocycles. The van der Waals surface area contributed by atoms with Gasteiger partial charge in [-0.25, -0.2) is 4.98 Å². The molecule has 0 spiro atoms. The minimum absolute atomic E-state index is 0.00807. The lowest BCUT2D eigenvalue weighted by Crippen LogP contribution is -2.07. The summed E-state index contributed by atoms with van der Waals surface area (Å²) in [7, 11) is 0. The van der Waals surface area contributed by atoms with Crippen LogP contribution in [0.15, 0.2) is 90.3 Å². The molecule has 0 saturated carbocycles. The molecule has 0 aliphatic carbocycles. The molecule has 152 valence electrons. The molecule has 0 atom stereocenters. The molecule has 1 amide bonds. The molecular formula is C24H17N3O3S. The number of carbonyl (C=O) groups excluding carboxylic acids is 1. The molecule has 7 heteroatoms. The van der Waals surface area contributed by atoms with Gasteiger partial charge in [0.1, 0.15) is 0 Å². The zero-order chi connectivity index (χ0) is 21.6. The van der Waals surface area contributed by atoms with Crippen LogP contribution >= 0.6 is 11.3 Å². The predicted molar refractivity (Wildman–Crippen MR) is 124 cm³/mol. The number of rotatable bonds is 6. The number of hydrogen-bond donors (Lipinski definition) is 1. The number of carbonyl (C=O) groups is 1. The number of amides is 1. The monoisotopic (exact) mass is 427 g/mol. The van der Waals surface area contributed by atoms with E-state index in [2.05, 4.69) is 34.6 Å². The van der Waals surface area contributed by atoms with Crippen LogP contribution in [-0.4, -0.2) is 15.8 Å². The fourth-order valence-electron chi connectivity index (χ4n) is 2.95. The molecule has 4 aromatic rings. The summed E-state index contributed by atoms with van der Waals surface area (Å²) in [6, 6.07) is 24.2. The van der Waals surface area contributed by atoms with Gasteiger partial charge in [0.15, 0.2) is 5.13 Å². The van der Waals surface area contributed by atoms with E-state index < -0.39 is 4.92 Å². The third-order valence-electron chi connectivity index (χ3n) is 4.55. The van der Waals surface area contributed by atoms with Crippen molar-refractivity contribution in [2.24, 2.45) is 0 Å². The van der Waals surface area contributed by atoms with Crippen molar-refractivity contribution in [2.45, 2.75) is 0 Å². The predicted octanol–water partition coefficient (Wildman–Crippen LogP) is 6.04. The Labute approximate surface area is 182 Å². The lowest BCUT2D eigenvalue weighted by atomic mass is 10.0. The van der Waals surface area contributed by atoms with Crippen molar-refractivity contribution in [3.8, 4) is 22.4 Å². The molecule has 0 fully saturated rings. The van der Waals surface area contributed by atoms with Crippen LogP contribution in [0.4, 0.5) is 10.8 Å². The van der Waals surface area contributed by atoms with E-state index in [0.29, 0.717) is 10.7 Å². The van der Waals surface area contributed by atoms with Gasteiger partial charge in [-0.3, -0.25) is 20.2 Å². The Balaban J connectivity index is 1.39. The summed E-state index contributed by atoms with van der Waals surface area (Å²) in [5.74, 6) is -0.321. The number of thiazole rings is 1. The summed E-state index contributed by atoms with van der Waals surface area (Å²) in [5.41, 5.74) is 4.74. The first-order valence-corrected chi connectivity index (χ1v) is 10.3. The van der Waals surface area contributed by atoms with Crippen molar-refractivity contribution in [3.05, 3.63) is 106 Å². The van der Waals surface area contributed by atoms with Crippen molar-refractivity contribution in [3.63, 3.8) is 0 Å². The van der Waals surface area contributed by atoms with Crippen LogP contribution in [0.5, 0.6) is 0 Å². The topological polar surface area (TPSA) is 85.1 Å². The Morgan fingerprint density at radius 1 is 0.903 bits per heavy atom. The van der Waals surface area contributed by atoms with E-state index in [0.717, 1.165) is 22.4 Å². The Morgan fingerprint density at radius 3 is 2.23 bits per heavy atom. The van der Waals surface area contributed by atoms with Crippen molar-refractivity contribution >= 4 is 34.1 Å². The van der Waals surface area contributed by atoms with Gasteiger partial charge in [-0.2, -0.15) is 0 Å². The Kier molecular flexibility index (Phi) is 5.96. The van der Waals surface area contributed by atoms with Gasteiger partial charge in [-0.15, -0.1) is 11.3 Å². The fraction of sp³-hybridized carbons (Fsp3) is 0. The summed E-state index contributed by atoms with van der Waals surface area (Å²) >= 11 is 1.35. The molecule has 6 nitrogen and oxygen atoms in total. The van der Waals surface area contributed by atoms with Gasteiger partial charge in [-0.05, 0) is 34.9 Å². The summed E-state index contributed by atoms with van der Waals surface area (Å²) in [6.07, 6.45) is 2.97. The SMILES string of the molecule is O=C(/C=C/c1ccc([N+](=O)[O-])cc1)Nc1nc(-c2ccc(-c3ccccc3)cc2)cs1. The standard InChI is InChI=1S/C24H17N3O3S/c28-23(15-8-17-6-13-21(14-7-17)27(29)30)26-24-25-22(16-31-24)20-11-9-19(10-12-20)18-4-2-1-3-5-18/h1-16H,(H,25,26,28)/b15-8+. The molecule has 0 aliphatic rings. The van der Waals surface area contributed by atoms with E-state index >= 15 is 0 Å². The number of nitrogens with zero attached hydrogens (tertiary/aromatic N) is 2. The number of aromatic nitrogens is 1. The van der Waals surface area contributed by atoms with Crippen molar-refractivity contribution in [1.82, 2.24) is 4.98 Å². The Morgan fingerprint density at radius 2 is 1.55 bits per heavy atom. The fourth-order valence-corrected chi connectivity index (χ4v) is 3.68. The van der Waals surface area contributed by atoms with E-state index in [1.54, 1.807) is 18.2 Å². The van der Waals surface area contributed by atoms with Gasteiger partial charge >= 0.3 is 0 Å². The highest BCUT2D eigenvalue weighted by molar-refractivity contribution is 7.14. The molecule has 1 N–H and O–H groups in total. The van der Waals surface area contributed by atoms with Crippen molar-refractivity contribution < 1.29 is 9.72 Å². The first kappa shape index (κ1) is 20.2. The van der Waals surface area contributed by atoms with E-state index in [-0.39, 0.29) is 11.6 Å². The molecule has 0 saturated heterocycles. The van der Waals surface area contributed by atoms with Gasteiger partial charge in [-0.1, -0.05) is 54.6 Å². The maximum Gasteiger partial charge on any atom is 0.269 e. The van der Waals surface area contributed by atoms with Crippen molar-refractivity contribution in [2.75, 3.05) is 5.32 Å². The molecule has 0 radical (unpaired) electrons. The van der Waals surface area contributed by atoms with Crippen LogP contribution in [0.3, 0.4) is 0 Å². The van der Waals surface area contributed by atoms with Crippen LogP contribution in [0, 0.1) is 10.1 Å². The maximum absolute atomic E-state index is 12.2. The van der Waals surface area contributed by atoms with Gasteiger partial charge in [0.25, 0.3) is 5.69 Å². The molecule has 4 rings (SSSR count). The number of hydrogen-bond acceptors (Lipinski definition) is 5. The van der Waals surface area contributed by atoms with Gasteiger partial charge in [0.05, 0.1) is 10.6 Å². The van der Waals surface area contributed by atoms with E-state index in [9.17, 15) is 14.9 Å². The lowest BCUT2D eigenvalue weighted by Gasteiger charge is -2.03. The normalized spacial score (nSPS) is 10.8.